The summed E-state index contributed by atoms with van der Waals surface area (Å²) >= 11 is 4.53. The minimum atomic E-state index is -0.956. The summed E-state index contributed by atoms with van der Waals surface area (Å²) in [5.74, 6) is 0. The van der Waals surface area contributed by atoms with E-state index >= 15 is 0 Å². The van der Waals surface area contributed by atoms with Crippen molar-refractivity contribution in [3.05, 3.63) is 0 Å². The first-order valence-electron chi connectivity index (χ1n) is 2.13. The SMILES string of the molecule is O[C@@H]1NC(=S)N[C@@H]1O. The molecule has 0 aromatic carbocycles. The van der Waals surface area contributed by atoms with Gasteiger partial charge in [0.05, 0.1) is 0 Å². The lowest BCUT2D eigenvalue weighted by Gasteiger charge is -2.02. The van der Waals surface area contributed by atoms with E-state index in [1.165, 1.54) is 0 Å². The van der Waals surface area contributed by atoms with Crippen molar-refractivity contribution in [2.24, 2.45) is 0 Å². The van der Waals surface area contributed by atoms with Gasteiger partial charge >= 0.3 is 0 Å². The predicted octanol–water partition coefficient (Wildman–Crippen LogP) is -1.90. The monoisotopic (exact) mass is 134 g/mol. The van der Waals surface area contributed by atoms with Gasteiger partial charge in [-0.1, -0.05) is 0 Å². The molecule has 0 unspecified atom stereocenters. The molecule has 0 radical (unpaired) electrons. The van der Waals surface area contributed by atoms with Crippen LogP contribution < -0.4 is 10.6 Å². The summed E-state index contributed by atoms with van der Waals surface area (Å²) in [5, 5.41) is 22.4. The lowest BCUT2D eigenvalue weighted by Crippen LogP contribution is -2.32. The molecule has 5 heteroatoms. The van der Waals surface area contributed by atoms with Crippen LogP contribution in [0.4, 0.5) is 0 Å². The van der Waals surface area contributed by atoms with Gasteiger partial charge in [0.15, 0.2) is 17.6 Å². The Morgan fingerprint density at radius 2 is 1.62 bits per heavy atom. The highest BCUT2D eigenvalue weighted by atomic mass is 32.1. The van der Waals surface area contributed by atoms with E-state index in [9.17, 15) is 0 Å². The van der Waals surface area contributed by atoms with Crippen LogP contribution in [-0.4, -0.2) is 27.8 Å². The zero-order chi connectivity index (χ0) is 6.15. The molecule has 2 atom stereocenters. The number of hydrogen-bond donors (Lipinski definition) is 4. The molecular weight excluding hydrogens is 128 g/mol. The van der Waals surface area contributed by atoms with Gasteiger partial charge in [-0.05, 0) is 12.2 Å². The summed E-state index contributed by atoms with van der Waals surface area (Å²) in [6.45, 7) is 0. The van der Waals surface area contributed by atoms with Crippen molar-refractivity contribution in [1.82, 2.24) is 10.6 Å². The molecule has 0 saturated carbocycles. The Kier molecular flexibility index (Phi) is 1.33. The van der Waals surface area contributed by atoms with Crippen molar-refractivity contribution in [2.45, 2.75) is 12.5 Å². The lowest BCUT2D eigenvalue weighted by atomic mass is 10.5. The van der Waals surface area contributed by atoms with E-state index in [0.29, 0.717) is 0 Å². The number of aliphatic hydroxyl groups is 2. The summed E-state index contributed by atoms with van der Waals surface area (Å²) in [4.78, 5) is 0. The van der Waals surface area contributed by atoms with Gasteiger partial charge < -0.3 is 20.8 Å². The fourth-order valence-electron chi connectivity index (χ4n) is 0.468. The number of rotatable bonds is 0. The van der Waals surface area contributed by atoms with Crippen LogP contribution in [0, 0.1) is 0 Å². The zero-order valence-corrected chi connectivity index (χ0v) is 4.77. The second-order valence-corrected chi connectivity index (χ2v) is 1.92. The zero-order valence-electron chi connectivity index (χ0n) is 3.96. The Hall–Kier alpha value is -0.390. The summed E-state index contributed by atoms with van der Waals surface area (Å²) in [6, 6.07) is 0. The summed E-state index contributed by atoms with van der Waals surface area (Å²) < 4.78 is 0. The van der Waals surface area contributed by atoms with E-state index in [2.05, 4.69) is 22.9 Å². The van der Waals surface area contributed by atoms with Gasteiger partial charge in [-0.25, -0.2) is 0 Å². The minimum absolute atomic E-state index is 0.282. The van der Waals surface area contributed by atoms with Gasteiger partial charge in [-0.2, -0.15) is 0 Å². The number of thiocarbonyl (C=S) groups is 1. The van der Waals surface area contributed by atoms with Crippen LogP contribution in [0.25, 0.3) is 0 Å². The predicted molar refractivity (Wildman–Crippen MR) is 30.9 cm³/mol. The minimum Gasteiger partial charge on any atom is -0.369 e. The average molecular weight is 134 g/mol. The number of nitrogens with one attached hydrogen (secondary N) is 2. The quantitative estimate of drug-likeness (QED) is 0.291. The van der Waals surface area contributed by atoms with Crippen molar-refractivity contribution < 1.29 is 10.2 Å². The smallest absolute Gasteiger partial charge is 0.171 e. The van der Waals surface area contributed by atoms with Crippen LogP contribution >= 0.6 is 12.2 Å². The maximum Gasteiger partial charge on any atom is 0.171 e. The Morgan fingerprint density at radius 3 is 1.75 bits per heavy atom. The van der Waals surface area contributed by atoms with Crippen molar-refractivity contribution >= 4 is 17.3 Å². The molecular formula is C3H6N2O2S. The molecule has 0 aromatic heterocycles. The number of hydrogen-bond acceptors (Lipinski definition) is 3. The van der Waals surface area contributed by atoms with Gasteiger partial charge in [0.25, 0.3) is 0 Å². The highest BCUT2D eigenvalue weighted by Gasteiger charge is 2.24. The molecule has 1 rings (SSSR count). The first-order chi connectivity index (χ1) is 3.70. The summed E-state index contributed by atoms with van der Waals surface area (Å²) in [5.41, 5.74) is 0. The molecule has 0 spiro atoms. The lowest BCUT2D eigenvalue weighted by molar-refractivity contribution is 0.0215. The molecule has 1 aliphatic heterocycles. The van der Waals surface area contributed by atoms with E-state index in [-0.39, 0.29) is 5.11 Å². The van der Waals surface area contributed by atoms with E-state index in [1.54, 1.807) is 0 Å². The molecule has 4 N–H and O–H groups in total. The fraction of sp³-hybridized carbons (Fsp3) is 0.667. The van der Waals surface area contributed by atoms with Gasteiger partial charge in [0.1, 0.15) is 0 Å². The Bertz CT molecular complexity index is 106. The molecule has 0 bridgehead atoms. The molecule has 1 fully saturated rings. The molecule has 4 nitrogen and oxygen atoms in total. The molecule has 1 heterocycles. The highest BCUT2D eigenvalue weighted by Crippen LogP contribution is 1.92. The second kappa shape index (κ2) is 1.85. The molecule has 1 saturated heterocycles. The molecule has 8 heavy (non-hydrogen) atoms. The topological polar surface area (TPSA) is 64.5 Å². The Labute approximate surface area is 51.5 Å². The number of aliphatic hydroxyl groups excluding tert-OH is 2. The molecule has 0 aliphatic carbocycles. The average Bonchev–Trinajstić information content (AvgIpc) is 1.85. The molecule has 46 valence electrons. The van der Waals surface area contributed by atoms with E-state index in [0.717, 1.165) is 0 Å². The van der Waals surface area contributed by atoms with Gasteiger partial charge in [-0.15, -0.1) is 0 Å². The van der Waals surface area contributed by atoms with Crippen LogP contribution in [0.2, 0.25) is 0 Å². The second-order valence-electron chi connectivity index (χ2n) is 1.51. The van der Waals surface area contributed by atoms with Crippen LogP contribution in [0.1, 0.15) is 0 Å². The first kappa shape index (κ1) is 5.74. The van der Waals surface area contributed by atoms with Crippen LogP contribution in [-0.2, 0) is 0 Å². The van der Waals surface area contributed by atoms with Crippen LogP contribution in [0.3, 0.4) is 0 Å². The first-order valence-corrected chi connectivity index (χ1v) is 2.54. The standard InChI is InChI=1S/C3H6N2O2S/c6-1-2(7)5-3(8)4-1/h1-2,6-7H,(H2,4,5,8)/t1-,2+. The van der Waals surface area contributed by atoms with Crippen molar-refractivity contribution in [3.8, 4) is 0 Å². The van der Waals surface area contributed by atoms with Gasteiger partial charge in [0.2, 0.25) is 0 Å². The van der Waals surface area contributed by atoms with Gasteiger partial charge in [0, 0.05) is 0 Å². The van der Waals surface area contributed by atoms with Crippen molar-refractivity contribution in [2.75, 3.05) is 0 Å². The van der Waals surface area contributed by atoms with Crippen LogP contribution in [0.5, 0.6) is 0 Å². The van der Waals surface area contributed by atoms with Crippen molar-refractivity contribution in [1.29, 1.82) is 0 Å². The van der Waals surface area contributed by atoms with Gasteiger partial charge in [-0.3, -0.25) is 0 Å². The maximum absolute atomic E-state index is 8.66. The highest BCUT2D eigenvalue weighted by molar-refractivity contribution is 7.80. The Morgan fingerprint density at radius 1 is 1.25 bits per heavy atom. The third-order valence-electron chi connectivity index (χ3n) is 0.857. The van der Waals surface area contributed by atoms with Crippen molar-refractivity contribution in [3.63, 3.8) is 0 Å². The maximum atomic E-state index is 8.66. The fourth-order valence-corrected chi connectivity index (χ4v) is 0.710. The van der Waals surface area contributed by atoms with E-state index in [4.69, 9.17) is 10.2 Å². The summed E-state index contributed by atoms with van der Waals surface area (Å²) in [7, 11) is 0. The molecule has 0 amide bonds. The van der Waals surface area contributed by atoms with E-state index in [1.807, 2.05) is 0 Å². The molecule has 1 aliphatic rings. The largest absolute Gasteiger partial charge is 0.369 e. The molecule has 0 aromatic rings. The van der Waals surface area contributed by atoms with E-state index < -0.39 is 12.5 Å². The van der Waals surface area contributed by atoms with Crippen LogP contribution in [0.15, 0.2) is 0 Å². The normalized spacial score (nSPS) is 36.5. The summed E-state index contributed by atoms with van der Waals surface area (Å²) in [6.07, 6.45) is -1.91. The third-order valence-corrected chi connectivity index (χ3v) is 1.09. The third kappa shape index (κ3) is 0.885. The Balaban J connectivity index is 2.51.